The van der Waals surface area contributed by atoms with E-state index in [-0.39, 0.29) is 24.9 Å². The van der Waals surface area contributed by atoms with E-state index in [4.69, 9.17) is 0 Å². The van der Waals surface area contributed by atoms with Crippen LogP contribution in [0.4, 0.5) is 14.5 Å². The third-order valence-electron chi connectivity index (χ3n) is 3.07. The fourth-order valence-electron chi connectivity index (χ4n) is 1.90. The zero-order chi connectivity index (χ0) is 15.6. The zero-order valence-corrected chi connectivity index (χ0v) is 12.3. The van der Waals surface area contributed by atoms with Crippen LogP contribution >= 0.6 is 0 Å². The summed E-state index contributed by atoms with van der Waals surface area (Å²) < 4.78 is 51.5. The normalized spacial score (nSPS) is 14.8. The Kier molecular flexibility index (Phi) is 4.46. The van der Waals surface area contributed by atoms with Crippen molar-refractivity contribution < 1.29 is 22.0 Å². The Balaban J connectivity index is 2.17. The summed E-state index contributed by atoms with van der Waals surface area (Å²) in [6.45, 7) is -0.310. The molecule has 0 aliphatic heterocycles. The highest BCUT2D eigenvalue weighted by atomic mass is 32.2. The molecule has 1 aromatic rings. The van der Waals surface area contributed by atoms with Crippen LogP contribution in [0.2, 0.25) is 0 Å². The molecule has 0 saturated heterocycles. The van der Waals surface area contributed by atoms with Crippen molar-refractivity contribution in [3.8, 4) is 0 Å². The van der Waals surface area contributed by atoms with E-state index in [0.29, 0.717) is 4.31 Å². The van der Waals surface area contributed by atoms with E-state index in [9.17, 15) is 22.0 Å². The van der Waals surface area contributed by atoms with E-state index in [1.807, 2.05) is 0 Å². The largest absolute Gasteiger partial charge is 0.353 e. The number of nitrogens with zero attached hydrogens (tertiary/aromatic N) is 1. The second-order valence-corrected chi connectivity index (χ2v) is 6.90. The third kappa shape index (κ3) is 4.13. The van der Waals surface area contributed by atoms with Crippen LogP contribution in [0.1, 0.15) is 19.3 Å². The Morgan fingerprint density at radius 2 is 1.90 bits per heavy atom. The fraction of sp³-hybridized carbons (Fsp3) is 0.462. The van der Waals surface area contributed by atoms with Gasteiger partial charge in [0, 0.05) is 19.0 Å². The molecule has 21 heavy (non-hydrogen) atoms. The average molecular weight is 318 g/mol. The lowest BCUT2D eigenvalue weighted by molar-refractivity contribution is -0.121. The van der Waals surface area contributed by atoms with E-state index >= 15 is 0 Å². The van der Waals surface area contributed by atoms with Gasteiger partial charge >= 0.3 is 0 Å². The molecule has 5 nitrogen and oxygen atoms in total. The Hall–Kier alpha value is -1.70. The first-order chi connectivity index (χ1) is 9.79. The van der Waals surface area contributed by atoms with Crippen molar-refractivity contribution in [2.24, 2.45) is 0 Å². The summed E-state index contributed by atoms with van der Waals surface area (Å²) in [5.41, 5.74) is -0.653. The van der Waals surface area contributed by atoms with Crippen molar-refractivity contribution in [2.75, 3.05) is 17.1 Å². The second-order valence-electron chi connectivity index (χ2n) is 5.00. The summed E-state index contributed by atoms with van der Waals surface area (Å²) in [6.07, 6.45) is 2.50. The van der Waals surface area contributed by atoms with Crippen LogP contribution in [0.3, 0.4) is 0 Å². The SMILES string of the molecule is CS(=O)(=O)N(CCC(=O)NC1CC1)c1c(F)cccc1F. The number of halogens is 2. The number of rotatable bonds is 6. The van der Waals surface area contributed by atoms with Crippen molar-refractivity contribution in [1.29, 1.82) is 0 Å². The molecule has 0 unspecified atom stereocenters. The summed E-state index contributed by atoms with van der Waals surface area (Å²) in [7, 11) is -3.90. The van der Waals surface area contributed by atoms with Crippen LogP contribution in [0.15, 0.2) is 18.2 Å². The number of carbonyl (C=O) groups excluding carboxylic acids is 1. The number of hydrogen-bond acceptors (Lipinski definition) is 3. The summed E-state index contributed by atoms with van der Waals surface area (Å²) >= 11 is 0. The molecule has 0 bridgehead atoms. The monoisotopic (exact) mass is 318 g/mol. The molecule has 2 rings (SSSR count). The quantitative estimate of drug-likeness (QED) is 0.862. The van der Waals surface area contributed by atoms with Crippen LogP contribution in [-0.4, -0.2) is 33.2 Å². The molecular formula is C13H16F2N2O3S. The van der Waals surface area contributed by atoms with Gasteiger partial charge in [-0.1, -0.05) is 6.07 Å². The fourth-order valence-corrected chi connectivity index (χ4v) is 2.83. The molecular weight excluding hydrogens is 302 g/mol. The van der Waals surface area contributed by atoms with Crippen LogP contribution in [-0.2, 0) is 14.8 Å². The minimum absolute atomic E-state index is 0.148. The lowest BCUT2D eigenvalue weighted by Gasteiger charge is -2.23. The number of anilines is 1. The Morgan fingerprint density at radius 1 is 1.33 bits per heavy atom. The van der Waals surface area contributed by atoms with E-state index in [0.717, 1.165) is 37.3 Å². The first-order valence-corrected chi connectivity index (χ1v) is 8.35. The predicted molar refractivity (Wildman–Crippen MR) is 74.3 cm³/mol. The molecule has 0 spiro atoms. The third-order valence-corrected chi connectivity index (χ3v) is 4.24. The highest BCUT2D eigenvalue weighted by molar-refractivity contribution is 7.92. The molecule has 8 heteroatoms. The Labute approximate surface area is 122 Å². The molecule has 0 atom stereocenters. The van der Waals surface area contributed by atoms with Gasteiger partial charge in [-0.05, 0) is 25.0 Å². The van der Waals surface area contributed by atoms with Gasteiger partial charge in [0.05, 0.1) is 6.26 Å². The topological polar surface area (TPSA) is 66.5 Å². The number of amides is 1. The van der Waals surface area contributed by atoms with Gasteiger partial charge in [0.2, 0.25) is 15.9 Å². The van der Waals surface area contributed by atoms with Gasteiger partial charge in [-0.2, -0.15) is 0 Å². The molecule has 1 aliphatic rings. The summed E-state index contributed by atoms with van der Waals surface area (Å²) in [5, 5.41) is 2.69. The number of para-hydroxylation sites is 1. The van der Waals surface area contributed by atoms with Crippen LogP contribution in [0.25, 0.3) is 0 Å². The first-order valence-electron chi connectivity index (χ1n) is 6.50. The van der Waals surface area contributed by atoms with E-state index < -0.39 is 27.3 Å². The molecule has 0 radical (unpaired) electrons. The van der Waals surface area contributed by atoms with Gasteiger partial charge in [0.1, 0.15) is 5.69 Å². The molecule has 0 heterocycles. The van der Waals surface area contributed by atoms with Crippen molar-refractivity contribution in [2.45, 2.75) is 25.3 Å². The highest BCUT2D eigenvalue weighted by Gasteiger charge is 2.27. The number of nitrogens with one attached hydrogen (secondary N) is 1. The molecule has 1 N–H and O–H groups in total. The maximum absolute atomic E-state index is 13.7. The Bertz CT molecular complexity index is 625. The smallest absolute Gasteiger partial charge is 0.232 e. The summed E-state index contributed by atoms with van der Waals surface area (Å²) in [4.78, 5) is 11.6. The molecule has 1 aromatic carbocycles. The molecule has 1 amide bonds. The van der Waals surface area contributed by atoms with Gasteiger partial charge in [0.15, 0.2) is 11.6 Å². The molecule has 1 fully saturated rings. The molecule has 116 valence electrons. The first kappa shape index (κ1) is 15.7. The van der Waals surface area contributed by atoms with E-state index in [1.165, 1.54) is 0 Å². The standard InChI is InChI=1S/C13H16F2N2O3S/c1-21(19,20)17(8-7-12(18)16-9-5-6-9)13-10(14)3-2-4-11(13)15/h2-4,9H,5-8H2,1H3,(H,16,18). The van der Waals surface area contributed by atoms with Crippen LogP contribution in [0.5, 0.6) is 0 Å². The minimum Gasteiger partial charge on any atom is -0.353 e. The summed E-state index contributed by atoms with van der Waals surface area (Å²) in [6, 6.07) is 3.24. The lowest BCUT2D eigenvalue weighted by atomic mass is 10.2. The van der Waals surface area contributed by atoms with Gasteiger partial charge in [0.25, 0.3) is 0 Å². The Morgan fingerprint density at radius 3 is 2.38 bits per heavy atom. The average Bonchev–Trinajstić information content (AvgIpc) is 3.15. The minimum atomic E-state index is -3.90. The van der Waals surface area contributed by atoms with Crippen LogP contribution in [0, 0.1) is 11.6 Å². The highest BCUT2D eigenvalue weighted by Crippen LogP contribution is 2.25. The second kappa shape index (κ2) is 5.97. The van der Waals surface area contributed by atoms with Gasteiger partial charge in [-0.25, -0.2) is 17.2 Å². The number of benzene rings is 1. The van der Waals surface area contributed by atoms with E-state index in [2.05, 4.69) is 5.32 Å². The van der Waals surface area contributed by atoms with Crippen molar-refractivity contribution in [3.05, 3.63) is 29.8 Å². The molecule has 1 saturated carbocycles. The van der Waals surface area contributed by atoms with Gasteiger partial charge in [-0.3, -0.25) is 9.10 Å². The molecule has 0 aromatic heterocycles. The maximum atomic E-state index is 13.7. The lowest BCUT2D eigenvalue weighted by Crippen LogP contribution is -2.36. The zero-order valence-electron chi connectivity index (χ0n) is 11.5. The summed E-state index contributed by atoms with van der Waals surface area (Å²) in [5.74, 6) is -2.30. The number of carbonyl (C=O) groups is 1. The molecule has 1 aliphatic carbocycles. The number of sulfonamides is 1. The predicted octanol–water partition coefficient (Wildman–Crippen LogP) is 1.40. The number of hydrogen-bond donors (Lipinski definition) is 1. The van der Waals surface area contributed by atoms with Crippen molar-refractivity contribution in [3.63, 3.8) is 0 Å². The van der Waals surface area contributed by atoms with Crippen LogP contribution < -0.4 is 9.62 Å². The van der Waals surface area contributed by atoms with Crippen molar-refractivity contribution >= 4 is 21.6 Å². The maximum Gasteiger partial charge on any atom is 0.232 e. The van der Waals surface area contributed by atoms with Gasteiger partial charge < -0.3 is 5.32 Å². The van der Waals surface area contributed by atoms with Gasteiger partial charge in [-0.15, -0.1) is 0 Å². The van der Waals surface area contributed by atoms with E-state index in [1.54, 1.807) is 0 Å². The van der Waals surface area contributed by atoms with Crippen molar-refractivity contribution in [1.82, 2.24) is 5.32 Å².